The largest absolute Gasteiger partial charge is 0.296 e. The van der Waals surface area contributed by atoms with Crippen molar-refractivity contribution < 1.29 is 9.18 Å². The third-order valence-electron chi connectivity index (χ3n) is 2.61. The molecule has 3 heteroatoms. The van der Waals surface area contributed by atoms with Gasteiger partial charge in [0.2, 0.25) is 0 Å². The van der Waals surface area contributed by atoms with E-state index in [0.717, 1.165) is 17.4 Å². The molecule has 0 aliphatic heterocycles. The topological polar surface area (TPSA) is 30.0 Å². The lowest BCUT2D eigenvalue weighted by Crippen LogP contribution is -1.98. The number of carbonyl (C=O) groups is 1. The maximum atomic E-state index is 13.0. The Bertz CT molecular complexity index is 525. The molecule has 1 aromatic heterocycles. The number of benzene rings is 1. The lowest BCUT2D eigenvalue weighted by Gasteiger charge is -2.04. The number of aromatic nitrogens is 1. The minimum atomic E-state index is -0.232. The molecule has 0 bridgehead atoms. The van der Waals surface area contributed by atoms with Crippen LogP contribution in [0.4, 0.5) is 4.39 Å². The van der Waals surface area contributed by atoms with Crippen molar-refractivity contribution in [2.75, 3.05) is 0 Å². The normalized spacial score (nSPS) is 10.2. The van der Waals surface area contributed by atoms with Crippen LogP contribution in [0.1, 0.15) is 21.6 Å². The fraction of sp³-hybridized carbons (Fsp3) is 0.143. The summed E-state index contributed by atoms with van der Waals surface area (Å²) in [5.41, 5.74) is 2.28. The van der Waals surface area contributed by atoms with Gasteiger partial charge in [-0.05, 0) is 42.2 Å². The summed E-state index contributed by atoms with van der Waals surface area (Å²) < 4.78 is 13.0. The van der Waals surface area contributed by atoms with Crippen molar-refractivity contribution in [3.63, 3.8) is 0 Å². The molecular formula is C14H12FNO. The Kier molecular flexibility index (Phi) is 3.60. The molecule has 0 spiro atoms. The molecule has 2 aromatic rings. The first-order valence-corrected chi connectivity index (χ1v) is 5.43. The highest BCUT2D eigenvalue weighted by molar-refractivity contribution is 5.74. The van der Waals surface area contributed by atoms with Gasteiger partial charge in [0.15, 0.2) is 6.29 Å². The molecule has 0 unspecified atom stereocenters. The van der Waals surface area contributed by atoms with Crippen molar-refractivity contribution in [2.45, 2.75) is 12.8 Å². The van der Waals surface area contributed by atoms with Crippen LogP contribution < -0.4 is 0 Å². The van der Waals surface area contributed by atoms with Gasteiger partial charge in [0, 0.05) is 6.20 Å². The number of hydrogen-bond acceptors (Lipinski definition) is 2. The second-order valence-corrected chi connectivity index (χ2v) is 3.80. The molecule has 2 rings (SSSR count). The van der Waals surface area contributed by atoms with E-state index in [0.29, 0.717) is 18.5 Å². The zero-order valence-electron chi connectivity index (χ0n) is 9.27. The number of pyridine rings is 1. The smallest absolute Gasteiger partial charge is 0.168 e. The Morgan fingerprint density at radius 2 is 2.06 bits per heavy atom. The second-order valence-electron chi connectivity index (χ2n) is 3.80. The van der Waals surface area contributed by atoms with Gasteiger partial charge >= 0.3 is 0 Å². The zero-order chi connectivity index (χ0) is 12.1. The van der Waals surface area contributed by atoms with Crippen molar-refractivity contribution in [1.29, 1.82) is 0 Å². The molecule has 17 heavy (non-hydrogen) atoms. The fourth-order valence-corrected chi connectivity index (χ4v) is 1.74. The van der Waals surface area contributed by atoms with E-state index in [-0.39, 0.29) is 5.82 Å². The Morgan fingerprint density at radius 1 is 1.18 bits per heavy atom. The molecule has 0 aliphatic carbocycles. The molecule has 0 N–H and O–H groups in total. The van der Waals surface area contributed by atoms with Gasteiger partial charge in [-0.15, -0.1) is 0 Å². The first-order chi connectivity index (χ1) is 8.29. The van der Waals surface area contributed by atoms with Crippen LogP contribution in [-0.4, -0.2) is 11.3 Å². The SMILES string of the molecule is O=Cc1ncccc1CCc1cccc(F)c1. The van der Waals surface area contributed by atoms with Crippen LogP contribution in [0, 0.1) is 5.82 Å². The monoisotopic (exact) mass is 229 g/mol. The molecule has 0 radical (unpaired) electrons. The van der Waals surface area contributed by atoms with Crippen molar-refractivity contribution in [1.82, 2.24) is 4.98 Å². The van der Waals surface area contributed by atoms with Crippen LogP contribution in [-0.2, 0) is 12.8 Å². The van der Waals surface area contributed by atoms with Crippen molar-refractivity contribution in [3.05, 3.63) is 65.2 Å². The maximum Gasteiger partial charge on any atom is 0.168 e. The molecule has 0 fully saturated rings. The fourth-order valence-electron chi connectivity index (χ4n) is 1.74. The lowest BCUT2D eigenvalue weighted by molar-refractivity contribution is 0.111. The number of halogens is 1. The molecule has 0 aliphatic rings. The van der Waals surface area contributed by atoms with Gasteiger partial charge in [0.25, 0.3) is 0 Å². The lowest BCUT2D eigenvalue weighted by atomic mass is 10.0. The standard InChI is InChI=1S/C14H12FNO/c15-13-5-1-3-11(9-13)6-7-12-4-2-8-16-14(12)10-17/h1-5,8-10H,6-7H2. The maximum absolute atomic E-state index is 13.0. The minimum absolute atomic E-state index is 0.232. The summed E-state index contributed by atoms with van der Waals surface area (Å²) >= 11 is 0. The van der Waals surface area contributed by atoms with Crippen LogP contribution in [0.25, 0.3) is 0 Å². The van der Waals surface area contributed by atoms with Gasteiger partial charge < -0.3 is 0 Å². The summed E-state index contributed by atoms with van der Waals surface area (Å²) in [4.78, 5) is 14.8. The van der Waals surface area contributed by atoms with E-state index in [4.69, 9.17) is 0 Å². The highest BCUT2D eigenvalue weighted by atomic mass is 19.1. The first-order valence-electron chi connectivity index (χ1n) is 5.43. The predicted molar refractivity (Wildman–Crippen MR) is 63.4 cm³/mol. The second kappa shape index (κ2) is 5.34. The predicted octanol–water partition coefficient (Wildman–Crippen LogP) is 2.82. The molecule has 86 valence electrons. The molecular weight excluding hydrogens is 217 g/mol. The van der Waals surface area contributed by atoms with Crippen molar-refractivity contribution >= 4 is 6.29 Å². The summed E-state index contributed by atoms with van der Waals surface area (Å²) in [5, 5.41) is 0. The van der Waals surface area contributed by atoms with E-state index >= 15 is 0 Å². The third-order valence-corrected chi connectivity index (χ3v) is 2.61. The molecule has 0 atom stereocenters. The summed E-state index contributed by atoms with van der Waals surface area (Å²) in [6.45, 7) is 0. The number of nitrogens with zero attached hydrogens (tertiary/aromatic N) is 1. The highest BCUT2D eigenvalue weighted by Crippen LogP contribution is 2.10. The molecule has 0 amide bonds. The van der Waals surface area contributed by atoms with Crippen LogP contribution >= 0.6 is 0 Å². The third kappa shape index (κ3) is 2.97. The average Bonchev–Trinajstić information content (AvgIpc) is 2.37. The van der Waals surface area contributed by atoms with E-state index in [1.54, 1.807) is 18.3 Å². The zero-order valence-corrected chi connectivity index (χ0v) is 9.27. The van der Waals surface area contributed by atoms with Crippen LogP contribution in [0.2, 0.25) is 0 Å². The summed E-state index contributed by atoms with van der Waals surface area (Å²) in [6.07, 6.45) is 3.73. The number of aryl methyl sites for hydroxylation is 2. The summed E-state index contributed by atoms with van der Waals surface area (Å²) in [7, 11) is 0. The molecule has 1 aromatic carbocycles. The van der Waals surface area contributed by atoms with Crippen LogP contribution in [0.15, 0.2) is 42.6 Å². The van der Waals surface area contributed by atoms with Crippen molar-refractivity contribution in [3.8, 4) is 0 Å². The van der Waals surface area contributed by atoms with E-state index in [2.05, 4.69) is 4.98 Å². The summed E-state index contributed by atoms with van der Waals surface area (Å²) in [6, 6.07) is 10.2. The number of rotatable bonds is 4. The number of carbonyl (C=O) groups excluding carboxylic acids is 1. The average molecular weight is 229 g/mol. The van der Waals surface area contributed by atoms with Gasteiger partial charge in [-0.1, -0.05) is 18.2 Å². The summed E-state index contributed by atoms with van der Waals surface area (Å²) in [5.74, 6) is -0.232. The molecule has 2 nitrogen and oxygen atoms in total. The Balaban J connectivity index is 2.09. The first kappa shape index (κ1) is 11.5. The Hall–Kier alpha value is -2.03. The Labute approximate surface area is 99.1 Å². The van der Waals surface area contributed by atoms with Crippen molar-refractivity contribution in [2.24, 2.45) is 0 Å². The molecule has 0 saturated carbocycles. The van der Waals surface area contributed by atoms with E-state index < -0.39 is 0 Å². The van der Waals surface area contributed by atoms with E-state index in [1.165, 1.54) is 12.1 Å². The van der Waals surface area contributed by atoms with Gasteiger partial charge in [0.05, 0.1) is 0 Å². The van der Waals surface area contributed by atoms with E-state index in [9.17, 15) is 9.18 Å². The van der Waals surface area contributed by atoms with Gasteiger partial charge in [-0.25, -0.2) is 4.39 Å². The van der Waals surface area contributed by atoms with Crippen LogP contribution in [0.3, 0.4) is 0 Å². The highest BCUT2D eigenvalue weighted by Gasteiger charge is 2.03. The van der Waals surface area contributed by atoms with E-state index in [1.807, 2.05) is 12.1 Å². The van der Waals surface area contributed by atoms with Crippen LogP contribution in [0.5, 0.6) is 0 Å². The van der Waals surface area contributed by atoms with Gasteiger partial charge in [-0.3, -0.25) is 9.78 Å². The molecule has 1 heterocycles. The number of aldehydes is 1. The minimum Gasteiger partial charge on any atom is -0.296 e. The number of hydrogen-bond donors (Lipinski definition) is 0. The quantitative estimate of drug-likeness (QED) is 0.754. The van der Waals surface area contributed by atoms with Gasteiger partial charge in [0.1, 0.15) is 11.5 Å². The Morgan fingerprint density at radius 3 is 2.82 bits per heavy atom. The van der Waals surface area contributed by atoms with Gasteiger partial charge in [-0.2, -0.15) is 0 Å². The molecule has 0 saturated heterocycles.